The lowest BCUT2D eigenvalue weighted by Gasteiger charge is -2.70. The van der Waals surface area contributed by atoms with Crippen LogP contribution in [-0.4, -0.2) is 40.3 Å². The van der Waals surface area contributed by atoms with E-state index in [1.165, 1.54) is 7.11 Å². The number of halogens is 1. The zero-order valence-electron chi connectivity index (χ0n) is 24.7. The number of rotatable bonds is 1. The molecule has 5 rings (SSSR count). The molecule has 0 amide bonds. The van der Waals surface area contributed by atoms with Crippen molar-refractivity contribution in [1.82, 2.24) is 0 Å². The monoisotopic (exact) mass is 601 g/mol. The van der Waals surface area contributed by atoms with E-state index in [0.29, 0.717) is 6.42 Å². The SMILES string of the molecule is [C-]#[N+]C1(O)C(=O)C(C)(C)[C@@H]2CC[C@]3(C)C(=CC(=O)[C@@H]4[C@@H]5CC(C)(C)CC[C@]5(C(=O)OC)CC[C@]43C)[C@@]2(C)C1Br. The Morgan fingerprint density at radius 3 is 2.26 bits per heavy atom. The fourth-order valence-corrected chi connectivity index (χ4v) is 11.5. The maximum atomic E-state index is 14.5. The predicted octanol–water partition coefficient (Wildman–Crippen LogP) is 6.30. The Balaban J connectivity index is 1.72. The largest absolute Gasteiger partial charge is 0.469 e. The van der Waals surface area contributed by atoms with E-state index in [9.17, 15) is 19.5 Å². The zero-order valence-corrected chi connectivity index (χ0v) is 26.3. The molecule has 0 aliphatic heterocycles. The minimum absolute atomic E-state index is 0.0239. The molecular weight excluding hydrogens is 558 g/mol. The molecule has 4 saturated carbocycles. The van der Waals surface area contributed by atoms with Crippen molar-refractivity contribution in [2.75, 3.05) is 7.11 Å². The normalized spacial score (nSPS) is 49.8. The molecule has 0 aromatic carbocycles. The van der Waals surface area contributed by atoms with E-state index in [0.717, 1.165) is 44.1 Å². The number of aliphatic hydroxyl groups is 1. The molecule has 0 heterocycles. The number of esters is 1. The molecule has 39 heavy (non-hydrogen) atoms. The zero-order chi connectivity index (χ0) is 29.2. The van der Waals surface area contributed by atoms with Crippen molar-refractivity contribution in [3.63, 3.8) is 0 Å². The summed E-state index contributed by atoms with van der Waals surface area (Å²) in [5.74, 6) is -1.14. The van der Waals surface area contributed by atoms with Crippen LogP contribution in [0.4, 0.5) is 0 Å². The van der Waals surface area contributed by atoms with Crippen molar-refractivity contribution in [2.24, 2.45) is 50.2 Å². The Morgan fingerprint density at radius 2 is 1.67 bits per heavy atom. The van der Waals surface area contributed by atoms with E-state index in [1.807, 2.05) is 26.8 Å². The second kappa shape index (κ2) is 8.28. The summed E-state index contributed by atoms with van der Waals surface area (Å²) >= 11 is 3.68. The molecule has 5 aliphatic carbocycles. The average molecular weight is 603 g/mol. The smallest absolute Gasteiger partial charge is 0.407 e. The molecule has 0 radical (unpaired) electrons. The molecule has 0 saturated heterocycles. The van der Waals surface area contributed by atoms with Gasteiger partial charge in [-0.05, 0) is 79.1 Å². The fraction of sp³-hybridized carbons (Fsp3) is 0.812. The van der Waals surface area contributed by atoms with Crippen molar-refractivity contribution in [3.8, 4) is 0 Å². The van der Waals surface area contributed by atoms with Crippen molar-refractivity contribution in [1.29, 1.82) is 0 Å². The van der Waals surface area contributed by atoms with Gasteiger partial charge in [-0.2, -0.15) is 0 Å². The summed E-state index contributed by atoms with van der Waals surface area (Å²) in [6, 6.07) is 0. The predicted molar refractivity (Wildman–Crippen MR) is 151 cm³/mol. The summed E-state index contributed by atoms with van der Waals surface area (Å²) in [6.07, 6.45) is 7.27. The minimum atomic E-state index is -2.21. The lowest BCUT2D eigenvalue weighted by molar-refractivity contribution is -0.195. The molecule has 2 unspecified atom stereocenters. The number of ketones is 2. The van der Waals surface area contributed by atoms with Gasteiger partial charge >= 0.3 is 11.7 Å². The number of Topliss-reactive ketones (excluding diaryl/α,β-unsaturated/α-hetero) is 1. The number of alkyl halides is 1. The van der Waals surface area contributed by atoms with Gasteiger partial charge in [-0.15, -0.1) is 0 Å². The topological polar surface area (TPSA) is 85.0 Å². The van der Waals surface area contributed by atoms with Crippen molar-refractivity contribution >= 4 is 33.5 Å². The molecule has 7 heteroatoms. The molecule has 5 aliphatic rings. The highest BCUT2D eigenvalue weighted by Crippen LogP contribution is 2.76. The van der Waals surface area contributed by atoms with Crippen LogP contribution >= 0.6 is 15.9 Å². The van der Waals surface area contributed by atoms with E-state index >= 15 is 0 Å². The van der Waals surface area contributed by atoms with Gasteiger partial charge in [0.05, 0.1) is 12.5 Å². The van der Waals surface area contributed by atoms with Gasteiger partial charge < -0.3 is 9.84 Å². The van der Waals surface area contributed by atoms with Crippen molar-refractivity contribution in [3.05, 3.63) is 23.1 Å². The maximum Gasteiger partial charge on any atom is 0.407 e. The van der Waals surface area contributed by atoms with Gasteiger partial charge in [-0.3, -0.25) is 19.2 Å². The van der Waals surface area contributed by atoms with Gasteiger partial charge in [0.25, 0.3) is 5.78 Å². The number of methoxy groups -OCH3 is 1. The number of fused-ring (bicyclic) bond motifs is 7. The first-order valence-electron chi connectivity index (χ1n) is 14.5. The Labute approximate surface area is 241 Å². The number of nitrogens with zero attached hydrogens (tertiary/aromatic N) is 1. The van der Waals surface area contributed by atoms with E-state index in [1.54, 1.807) is 0 Å². The molecule has 0 aromatic rings. The fourth-order valence-electron chi connectivity index (χ4n) is 10.6. The summed E-state index contributed by atoms with van der Waals surface area (Å²) < 4.78 is 5.41. The Bertz CT molecular complexity index is 1230. The number of allylic oxidation sites excluding steroid dienone is 2. The Morgan fingerprint density at radius 1 is 1.05 bits per heavy atom. The lowest BCUT2D eigenvalue weighted by atomic mass is 9.33. The highest BCUT2D eigenvalue weighted by atomic mass is 79.9. The highest BCUT2D eigenvalue weighted by molar-refractivity contribution is 9.09. The average Bonchev–Trinajstić information content (AvgIpc) is 2.87. The molecule has 6 nitrogen and oxygen atoms in total. The van der Waals surface area contributed by atoms with Crippen LogP contribution in [0.2, 0.25) is 0 Å². The van der Waals surface area contributed by atoms with E-state index in [2.05, 4.69) is 48.5 Å². The molecule has 9 atom stereocenters. The summed E-state index contributed by atoms with van der Waals surface area (Å²) in [4.78, 5) is 44.1. The molecule has 1 N–H and O–H groups in total. The van der Waals surface area contributed by atoms with Gasteiger partial charge in [0.2, 0.25) is 0 Å². The van der Waals surface area contributed by atoms with Crippen LogP contribution in [0.15, 0.2) is 11.6 Å². The third kappa shape index (κ3) is 3.25. The summed E-state index contributed by atoms with van der Waals surface area (Å²) in [5.41, 5.74) is -4.39. The first-order valence-corrected chi connectivity index (χ1v) is 15.4. The summed E-state index contributed by atoms with van der Waals surface area (Å²) in [7, 11) is 1.46. The number of carbonyl (C=O) groups is 3. The van der Waals surface area contributed by atoms with Crippen molar-refractivity contribution < 1.29 is 24.2 Å². The molecular formula is C32H44BrNO5. The lowest BCUT2D eigenvalue weighted by Crippen LogP contribution is -2.71. The molecule has 0 spiro atoms. The van der Waals surface area contributed by atoms with E-state index in [4.69, 9.17) is 11.3 Å². The van der Waals surface area contributed by atoms with Crippen LogP contribution in [-0.2, 0) is 19.1 Å². The van der Waals surface area contributed by atoms with Gasteiger partial charge in [0.15, 0.2) is 5.78 Å². The molecule has 0 bridgehead atoms. The van der Waals surface area contributed by atoms with Crippen molar-refractivity contribution in [2.45, 2.75) is 104 Å². The van der Waals surface area contributed by atoms with Crippen LogP contribution in [0.1, 0.15) is 93.4 Å². The van der Waals surface area contributed by atoms with Gasteiger partial charge in [0, 0.05) is 16.7 Å². The molecule has 214 valence electrons. The maximum absolute atomic E-state index is 14.5. The molecule has 4 fully saturated rings. The van der Waals surface area contributed by atoms with Gasteiger partial charge in [-0.1, -0.05) is 70.0 Å². The summed E-state index contributed by atoms with van der Waals surface area (Å²) in [5, 5.41) is 11.5. The van der Waals surface area contributed by atoms with Gasteiger partial charge in [0.1, 0.15) is 4.83 Å². The minimum Gasteiger partial charge on any atom is -0.469 e. The third-order valence-corrected chi connectivity index (χ3v) is 14.6. The van der Waals surface area contributed by atoms with Gasteiger partial charge in [-0.25, -0.2) is 6.57 Å². The Kier molecular flexibility index (Phi) is 6.15. The number of hydrogen-bond donors (Lipinski definition) is 1. The van der Waals surface area contributed by atoms with Crippen LogP contribution in [0.5, 0.6) is 0 Å². The van der Waals surface area contributed by atoms with Crippen LogP contribution in [0.3, 0.4) is 0 Å². The quantitative estimate of drug-likeness (QED) is 0.216. The van der Waals surface area contributed by atoms with Crippen LogP contribution < -0.4 is 0 Å². The van der Waals surface area contributed by atoms with Crippen LogP contribution in [0.25, 0.3) is 4.85 Å². The van der Waals surface area contributed by atoms with E-state index < -0.39 is 43.4 Å². The number of carbonyl (C=O) groups excluding carboxylic acids is 3. The second-order valence-electron chi connectivity index (χ2n) is 15.4. The second-order valence-corrected chi connectivity index (χ2v) is 16.4. The number of hydrogen-bond acceptors (Lipinski definition) is 5. The summed E-state index contributed by atoms with van der Waals surface area (Å²) in [6.45, 7) is 22.6. The first-order chi connectivity index (χ1) is 17.8. The highest BCUT2D eigenvalue weighted by Gasteiger charge is 2.77. The van der Waals surface area contributed by atoms with Crippen LogP contribution in [0, 0.1) is 56.8 Å². The standard InChI is InChI=1S/C32H44BrNO5/c1-26(2)12-14-31(25(37)39-9)15-13-29(6)22(18(31)17-26)19(35)16-21-28(29,5)11-10-20-27(3,4)24(36)32(38,34-8)23(33)30(20,21)7/h16,18,20,22-23,38H,10-15,17H2,1-7,9H3/t18-,20-,22-,23?,28+,29+,30-,31-,32?/m0/s1. The third-order valence-electron chi connectivity index (χ3n) is 13.0. The van der Waals surface area contributed by atoms with E-state index in [-0.39, 0.29) is 34.9 Å². The Hall–Kier alpha value is -1.52. The molecule has 0 aromatic heterocycles. The first kappa shape index (κ1) is 29.0. The number of ether oxygens (including phenoxy) is 1.